The van der Waals surface area contributed by atoms with Crippen molar-refractivity contribution in [1.29, 1.82) is 0 Å². The smallest absolute Gasteiger partial charge is 0.321 e. The largest absolute Gasteiger partial charge is 0.339 e. The van der Waals surface area contributed by atoms with Crippen LogP contribution in [0.2, 0.25) is 5.02 Å². The van der Waals surface area contributed by atoms with Crippen molar-refractivity contribution < 1.29 is 9.59 Å². The molecule has 0 spiro atoms. The van der Waals surface area contributed by atoms with Gasteiger partial charge in [-0.15, -0.1) is 0 Å². The Balaban J connectivity index is 1.51. The van der Waals surface area contributed by atoms with E-state index in [1.54, 1.807) is 11.0 Å². The maximum absolute atomic E-state index is 12.5. The Morgan fingerprint density at radius 3 is 2.48 bits per heavy atom. The average molecular weight is 362 g/mol. The third kappa shape index (κ3) is 4.34. The molecule has 3 amide bonds. The second kappa shape index (κ2) is 7.91. The number of benzene rings is 1. The number of rotatable bonds is 2. The first-order chi connectivity index (χ1) is 12.0. The van der Waals surface area contributed by atoms with E-state index in [1.165, 1.54) is 0 Å². The van der Waals surface area contributed by atoms with Crippen LogP contribution >= 0.6 is 11.6 Å². The highest BCUT2D eigenvalue weighted by Crippen LogP contribution is 2.22. The second-order valence-electron chi connectivity index (χ2n) is 6.69. The normalized spacial score (nSPS) is 20.5. The summed E-state index contributed by atoms with van der Waals surface area (Å²) in [4.78, 5) is 28.6. The van der Waals surface area contributed by atoms with E-state index in [2.05, 4.69) is 17.5 Å². The number of allylic oxidation sites excluding steroid dienone is 2. The van der Waals surface area contributed by atoms with Crippen LogP contribution in [0.25, 0.3) is 0 Å². The van der Waals surface area contributed by atoms with E-state index in [0.29, 0.717) is 36.9 Å². The summed E-state index contributed by atoms with van der Waals surface area (Å²) in [5, 5.41) is 3.51. The topological polar surface area (TPSA) is 52.7 Å². The zero-order chi connectivity index (χ0) is 17.8. The van der Waals surface area contributed by atoms with Gasteiger partial charge >= 0.3 is 6.03 Å². The lowest BCUT2D eigenvalue weighted by atomic mass is 9.93. The quantitative estimate of drug-likeness (QED) is 0.817. The number of nitrogens with one attached hydrogen (secondary N) is 1. The van der Waals surface area contributed by atoms with Crippen LogP contribution in [0.5, 0.6) is 0 Å². The highest BCUT2D eigenvalue weighted by atomic mass is 35.5. The maximum Gasteiger partial charge on any atom is 0.321 e. The van der Waals surface area contributed by atoms with Gasteiger partial charge in [-0.25, -0.2) is 4.79 Å². The van der Waals surface area contributed by atoms with Crippen LogP contribution in [-0.2, 0) is 4.79 Å². The van der Waals surface area contributed by atoms with Gasteiger partial charge in [-0.3, -0.25) is 4.79 Å². The minimum absolute atomic E-state index is 0.111. The molecule has 1 N–H and O–H groups in total. The van der Waals surface area contributed by atoms with E-state index in [-0.39, 0.29) is 17.9 Å². The van der Waals surface area contributed by atoms with E-state index in [0.717, 1.165) is 24.8 Å². The monoisotopic (exact) mass is 361 g/mol. The van der Waals surface area contributed by atoms with Gasteiger partial charge in [0.25, 0.3) is 0 Å². The van der Waals surface area contributed by atoms with Crippen LogP contribution in [0, 0.1) is 12.8 Å². The molecule has 2 aliphatic rings. The van der Waals surface area contributed by atoms with Crippen LogP contribution in [0.4, 0.5) is 10.5 Å². The fraction of sp³-hybridized carbons (Fsp3) is 0.474. The Morgan fingerprint density at radius 2 is 1.84 bits per heavy atom. The number of carbonyl (C=O) groups is 2. The number of nitrogens with zero attached hydrogens (tertiary/aromatic N) is 2. The lowest BCUT2D eigenvalue weighted by Crippen LogP contribution is -2.53. The van der Waals surface area contributed by atoms with Crippen LogP contribution in [0.1, 0.15) is 24.8 Å². The molecular formula is C19H24ClN3O2. The van der Waals surface area contributed by atoms with Gasteiger partial charge in [0.1, 0.15) is 0 Å². The van der Waals surface area contributed by atoms with Crippen molar-refractivity contribution in [1.82, 2.24) is 9.80 Å². The number of halogens is 1. The molecule has 0 aromatic heterocycles. The number of hydrogen-bond donors (Lipinski definition) is 1. The molecule has 134 valence electrons. The lowest BCUT2D eigenvalue weighted by molar-refractivity contribution is -0.137. The first kappa shape index (κ1) is 17.8. The molecule has 25 heavy (non-hydrogen) atoms. The van der Waals surface area contributed by atoms with E-state index >= 15 is 0 Å². The highest BCUT2D eigenvalue weighted by molar-refractivity contribution is 6.31. The molecular weight excluding hydrogens is 338 g/mol. The molecule has 1 unspecified atom stereocenters. The van der Waals surface area contributed by atoms with Crippen molar-refractivity contribution in [2.24, 2.45) is 5.92 Å². The Labute approximate surface area is 153 Å². The lowest BCUT2D eigenvalue weighted by Gasteiger charge is -2.36. The van der Waals surface area contributed by atoms with Gasteiger partial charge < -0.3 is 15.1 Å². The number of anilines is 1. The van der Waals surface area contributed by atoms with Crippen LogP contribution < -0.4 is 5.32 Å². The Morgan fingerprint density at radius 1 is 1.12 bits per heavy atom. The number of hydrogen-bond acceptors (Lipinski definition) is 2. The van der Waals surface area contributed by atoms with Crippen molar-refractivity contribution >= 4 is 29.2 Å². The van der Waals surface area contributed by atoms with Crippen molar-refractivity contribution in [2.45, 2.75) is 26.2 Å². The number of aryl methyl sites for hydroxylation is 1. The molecule has 1 saturated heterocycles. The molecule has 0 bridgehead atoms. The zero-order valence-corrected chi connectivity index (χ0v) is 15.3. The molecule has 5 nitrogen and oxygen atoms in total. The Hall–Kier alpha value is -2.01. The number of amides is 3. The van der Waals surface area contributed by atoms with E-state index < -0.39 is 0 Å². The van der Waals surface area contributed by atoms with Gasteiger partial charge in [-0.2, -0.15) is 0 Å². The van der Waals surface area contributed by atoms with Gasteiger partial charge in [0.2, 0.25) is 5.91 Å². The highest BCUT2D eigenvalue weighted by Gasteiger charge is 2.28. The molecule has 1 atom stereocenters. The fourth-order valence-corrected chi connectivity index (χ4v) is 3.46. The van der Waals surface area contributed by atoms with Gasteiger partial charge in [0, 0.05) is 42.8 Å². The van der Waals surface area contributed by atoms with Crippen LogP contribution in [0.3, 0.4) is 0 Å². The van der Waals surface area contributed by atoms with Crippen molar-refractivity contribution in [2.75, 3.05) is 31.5 Å². The average Bonchev–Trinajstić information content (AvgIpc) is 2.65. The summed E-state index contributed by atoms with van der Waals surface area (Å²) in [6.45, 7) is 4.23. The molecule has 0 radical (unpaired) electrons. The molecule has 1 heterocycles. The van der Waals surface area contributed by atoms with E-state index in [1.807, 2.05) is 24.0 Å². The van der Waals surface area contributed by atoms with Gasteiger partial charge in [0.05, 0.1) is 0 Å². The molecule has 3 rings (SSSR count). The minimum Gasteiger partial charge on any atom is -0.339 e. The van der Waals surface area contributed by atoms with Crippen molar-refractivity contribution in [3.8, 4) is 0 Å². The van der Waals surface area contributed by atoms with Gasteiger partial charge in [-0.05, 0) is 43.9 Å². The summed E-state index contributed by atoms with van der Waals surface area (Å²) in [6.07, 6.45) is 7.00. The maximum atomic E-state index is 12.5. The van der Waals surface area contributed by atoms with Crippen LogP contribution in [0.15, 0.2) is 30.4 Å². The summed E-state index contributed by atoms with van der Waals surface area (Å²) in [5.41, 5.74) is 1.66. The molecule has 1 fully saturated rings. The van der Waals surface area contributed by atoms with Gasteiger partial charge in [-0.1, -0.05) is 29.8 Å². The minimum atomic E-state index is -0.146. The van der Waals surface area contributed by atoms with E-state index in [9.17, 15) is 9.59 Å². The molecule has 6 heteroatoms. The second-order valence-corrected chi connectivity index (χ2v) is 7.10. The zero-order valence-electron chi connectivity index (χ0n) is 14.5. The Kier molecular flexibility index (Phi) is 5.63. The molecule has 1 aromatic rings. The molecule has 1 aromatic carbocycles. The van der Waals surface area contributed by atoms with Crippen LogP contribution in [-0.4, -0.2) is 47.9 Å². The number of urea groups is 1. The summed E-state index contributed by atoms with van der Waals surface area (Å²) < 4.78 is 0. The molecule has 1 aliphatic heterocycles. The standard InChI is InChI=1S/C19H24ClN3O2/c1-14-7-8-16(13-17(14)20)21-19(25)23-11-9-22(10-12-23)18(24)15-5-3-2-4-6-15/h2-3,7-8,13,15H,4-6,9-12H2,1H3,(H,21,25). The predicted molar refractivity (Wildman–Crippen MR) is 99.8 cm³/mol. The first-order valence-corrected chi connectivity index (χ1v) is 9.18. The summed E-state index contributed by atoms with van der Waals surface area (Å²) in [6, 6.07) is 5.33. The van der Waals surface area contributed by atoms with E-state index in [4.69, 9.17) is 11.6 Å². The fourth-order valence-electron chi connectivity index (χ4n) is 3.28. The third-order valence-corrected chi connectivity index (χ3v) is 5.33. The van der Waals surface area contributed by atoms with Gasteiger partial charge in [0.15, 0.2) is 0 Å². The SMILES string of the molecule is Cc1ccc(NC(=O)N2CCN(C(=O)C3CC=CCC3)CC2)cc1Cl. The molecule has 0 saturated carbocycles. The number of carbonyl (C=O) groups excluding carboxylic acids is 2. The van der Waals surface area contributed by atoms with Crippen molar-refractivity contribution in [3.05, 3.63) is 40.9 Å². The number of piperazine rings is 1. The third-order valence-electron chi connectivity index (χ3n) is 4.92. The molecule has 1 aliphatic carbocycles. The summed E-state index contributed by atoms with van der Waals surface area (Å²) in [7, 11) is 0. The van der Waals surface area contributed by atoms with Crippen molar-refractivity contribution in [3.63, 3.8) is 0 Å². The summed E-state index contributed by atoms with van der Waals surface area (Å²) in [5.74, 6) is 0.342. The predicted octanol–water partition coefficient (Wildman–Crippen LogP) is 3.68. The first-order valence-electron chi connectivity index (χ1n) is 8.80. The Bertz CT molecular complexity index is 681. The summed E-state index contributed by atoms with van der Waals surface area (Å²) >= 11 is 6.10.